The van der Waals surface area contributed by atoms with Crippen LogP contribution < -0.4 is 0 Å². The van der Waals surface area contributed by atoms with Gasteiger partial charge in [-0.05, 0) is 12.1 Å². The summed E-state index contributed by atoms with van der Waals surface area (Å²) >= 11 is 0. The molecule has 0 aliphatic carbocycles. The maximum absolute atomic E-state index is 13.6. The van der Waals surface area contributed by atoms with Gasteiger partial charge in [0, 0.05) is 17.3 Å². The Morgan fingerprint density at radius 2 is 2.23 bits per heavy atom. The highest BCUT2D eigenvalue weighted by Crippen LogP contribution is 2.12. The van der Waals surface area contributed by atoms with Gasteiger partial charge in [-0.3, -0.25) is 4.68 Å². The van der Waals surface area contributed by atoms with E-state index in [1.54, 1.807) is 41.4 Å². The van der Waals surface area contributed by atoms with Gasteiger partial charge in [-0.15, -0.1) is 10.2 Å². The molecular weight excluding hydrogens is 287 g/mol. The lowest BCUT2D eigenvalue weighted by Crippen LogP contribution is -2.01. The highest BCUT2D eigenvalue weighted by Gasteiger charge is 2.08. The lowest BCUT2D eigenvalue weighted by Gasteiger charge is -2.02. The summed E-state index contributed by atoms with van der Waals surface area (Å²) in [6, 6.07) is 6.56. The Morgan fingerprint density at radius 3 is 3.00 bits per heavy atom. The highest BCUT2D eigenvalue weighted by atomic mass is 19.1. The molecule has 22 heavy (non-hydrogen) atoms. The number of tetrazole rings is 1. The topological polar surface area (TPSA) is 92.5 Å². The molecule has 2 N–H and O–H groups in total. The molecule has 7 nitrogen and oxygen atoms in total. The predicted octanol–water partition coefficient (Wildman–Crippen LogP) is 1.33. The third-order valence-corrected chi connectivity index (χ3v) is 3.04. The molecule has 1 atom stereocenters. The van der Waals surface area contributed by atoms with Gasteiger partial charge in [0.15, 0.2) is 0 Å². The largest absolute Gasteiger partial charge is 0.381 e. The van der Waals surface area contributed by atoms with Crippen molar-refractivity contribution in [3.05, 3.63) is 65.5 Å². The minimum atomic E-state index is -0.950. The zero-order valence-electron chi connectivity index (χ0n) is 11.5. The van der Waals surface area contributed by atoms with Crippen LogP contribution in [0.5, 0.6) is 0 Å². The molecule has 0 bridgehead atoms. The van der Waals surface area contributed by atoms with E-state index >= 15 is 0 Å². The van der Waals surface area contributed by atoms with Gasteiger partial charge in [-0.2, -0.15) is 10.3 Å². The number of aromatic nitrogens is 6. The van der Waals surface area contributed by atoms with Crippen LogP contribution in [0.25, 0.3) is 6.08 Å². The number of benzene rings is 1. The molecule has 0 fully saturated rings. The van der Waals surface area contributed by atoms with Crippen molar-refractivity contribution in [3.63, 3.8) is 0 Å². The molecule has 0 aliphatic rings. The second-order valence-corrected chi connectivity index (χ2v) is 4.64. The average Bonchev–Trinajstić information content (AvgIpc) is 3.19. The Bertz CT molecular complexity index is 767. The molecule has 1 unspecified atom stereocenters. The zero-order valence-corrected chi connectivity index (χ0v) is 11.5. The molecule has 0 spiro atoms. The van der Waals surface area contributed by atoms with Crippen molar-refractivity contribution in [2.24, 2.45) is 0 Å². The van der Waals surface area contributed by atoms with Crippen LogP contribution >= 0.6 is 0 Å². The number of hydrogen-bond donors (Lipinski definition) is 2. The summed E-state index contributed by atoms with van der Waals surface area (Å²) in [5.41, 5.74) is 1.34. The third kappa shape index (κ3) is 3.23. The van der Waals surface area contributed by atoms with Crippen LogP contribution in [0, 0.1) is 5.82 Å². The number of nitrogens with zero attached hydrogens (tertiary/aromatic N) is 5. The molecule has 2 aromatic heterocycles. The molecule has 0 aliphatic heterocycles. The molecule has 3 rings (SSSR count). The Kier molecular flexibility index (Phi) is 4.01. The first-order valence-electron chi connectivity index (χ1n) is 6.58. The lowest BCUT2D eigenvalue weighted by atomic mass is 10.2. The van der Waals surface area contributed by atoms with Crippen LogP contribution in [-0.2, 0) is 6.54 Å². The maximum atomic E-state index is 13.6. The van der Waals surface area contributed by atoms with Gasteiger partial charge in [0.05, 0.1) is 12.7 Å². The van der Waals surface area contributed by atoms with E-state index in [1.165, 1.54) is 12.1 Å². The van der Waals surface area contributed by atoms with E-state index in [-0.39, 0.29) is 11.6 Å². The molecule has 3 aromatic rings. The zero-order chi connectivity index (χ0) is 15.4. The first-order valence-corrected chi connectivity index (χ1v) is 6.58. The van der Waals surface area contributed by atoms with E-state index < -0.39 is 6.10 Å². The summed E-state index contributed by atoms with van der Waals surface area (Å²) in [5.74, 6) is -0.0716. The Labute approximate surface area is 125 Å². The summed E-state index contributed by atoms with van der Waals surface area (Å²) < 4.78 is 15.2. The van der Waals surface area contributed by atoms with E-state index in [0.29, 0.717) is 12.1 Å². The van der Waals surface area contributed by atoms with Crippen LogP contribution in [0.3, 0.4) is 0 Å². The first-order chi connectivity index (χ1) is 10.7. The fraction of sp³-hybridized carbons (Fsp3) is 0.143. The number of nitrogens with one attached hydrogen (secondary N) is 1. The normalized spacial score (nSPS) is 12.8. The average molecular weight is 300 g/mol. The van der Waals surface area contributed by atoms with Crippen LogP contribution in [-0.4, -0.2) is 35.5 Å². The summed E-state index contributed by atoms with van der Waals surface area (Å²) in [7, 11) is 0. The van der Waals surface area contributed by atoms with E-state index in [4.69, 9.17) is 0 Å². The molecular formula is C14H13FN6O. The van der Waals surface area contributed by atoms with Gasteiger partial charge in [0.25, 0.3) is 0 Å². The fourth-order valence-corrected chi connectivity index (χ4v) is 1.94. The van der Waals surface area contributed by atoms with Crippen LogP contribution in [0.2, 0.25) is 0 Å². The van der Waals surface area contributed by atoms with Crippen molar-refractivity contribution in [1.82, 2.24) is 30.4 Å². The number of aromatic amines is 1. The summed E-state index contributed by atoms with van der Waals surface area (Å²) in [6.45, 7) is 0.341. The standard InChI is InChI=1S/C14H13FN6O/c15-12-4-2-1-3-11(12)9-21-8-10(7-16-21)5-6-13(22)14-17-19-20-18-14/h1-8,13,22H,9H2,(H,17,18,19,20). The molecule has 0 saturated heterocycles. The monoisotopic (exact) mass is 300 g/mol. The summed E-state index contributed by atoms with van der Waals surface area (Å²) in [4.78, 5) is 0. The Hall–Kier alpha value is -2.87. The van der Waals surface area contributed by atoms with Crippen LogP contribution in [0.1, 0.15) is 23.1 Å². The van der Waals surface area contributed by atoms with Gasteiger partial charge < -0.3 is 5.11 Å². The molecule has 8 heteroatoms. The SMILES string of the molecule is OC(C=Cc1cnn(Cc2ccccc2F)c1)c1nn[nH]n1. The summed E-state index contributed by atoms with van der Waals surface area (Å²) in [5, 5.41) is 27.0. The van der Waals surface area contributed by atoms with Crippen molar-refractivity contribution in [3.8, 4) is 0 Å². The van der Waals surface area contributed by atoms with E-state index in [9.17, 15) is 9.50 Å². The minimum absolute atomic E-state index is 0.190. The fourth-order valence-electron chi connectivity index (χ4n) is 1.94. The van der Waals surface area contributed by atoms with Crippen molar-refractivity contribution in [2.45, 2.75) is 12.6 Å². The van der Waals surface area contributed by atoms with Crippen LogP contribution in [0.15, 0.2) is 42.7 Å². The predicted molar refractivity (Wildman–Crippen MR) is 75.9 cm³/mol. The highest BCUT2D eigenvalue weighted by molar-refractivity contribution is 5.47. The molecule has 0 amide bonds. The second kappa shape index (κ2) is 6.27. The van der Waals surface area contributed by atoms with Gasteiger partial charge in [0.2, 0.25) is 5.82 Å². The van der Waals surface area contributed by atoms with Gasteiger partial charge in [-0.25, -0.2) is 4.39 Å². The number of rotatable bonds is 5. The van der Waals surface area contributed by atoms with Gasteiger partial charge >= 0.3 is 0 Å². The molecule has 112 valence electrons. The Morgan fingerprint density at radius 1 is 1.36 bits per heavy atom. The quantitative estimate of drug-likeness (QED) is 0.741. The van der Waals surface area contributed by atoms with Crippen LogP contribution in [0.4, 0.5) is 4.39 Å². The third-order valence-electron chi connectivity index (χ3n) is 3.04. The number of H-pyrrole nitrogens is 1. The van der Waals surface area contributed by atoms with E-state index in [0.717, 1.165) is 5.56 Å². The lowest BCUT2D eigenvalue weighted by molar-refractivity contribution is 0.219. The van der Waals surface area contributed by atoms with Gasteiger partial charge in [-0.1, -0.05) is 29.5 Å². The van der Waals surface area contributed by atoms with Crippen molar-refractivity contribution < 1.29 is 9.50 Å². The molecule has 2 heterocycles. The summed E-state index contributed by atoms with van der Waals surface area (Å²) in [6.07, 6.45) is 5.64. The van der Waals surface area contributed by atoms with E-state index in [1.807, 2.05) is 0 Å². The van der Waals surface area contributed by atoms with E-state index in [2.05, 4.69) is 25.7 Å². The number of aliphatic hydroxyl groups excluding tert-OH is 1. The van der Waals surface area contributed by atoms with Gasteiger partial charge in [0.1, 0.15) is 11.9 Å². The molecule has 1 aromatic carbocycles. The van der Waals surface area contributed by atoms with Crippen molar-refractivity contribution in [2.75, 3.05) is 0 Å². The Balaban J connectivity index is 1.68. The molecule has 0 saturated carbocycles. The number of hydrogen-bond acceptors (Lipinski definition) is 5. The smallest absolute Gasteiger partial charge is 0.206 e. The first kappa shape index (κ1) is 14.1. The second-order valence-electron chi connectivity index (χ2n) is 4.64. The van der Waals surface area contributed by atoms with Crippen molar-refractivity contribution >= 4 is 6.08 Å². The molecule has 0 radical (unpaired) electrons. The maximum Gasteiger partial charge on any atom is 0.206 e. The minimum Gasteiger partial charge on any atom is -0.381 e. The number of aliphatic hydroxyl groups is 1. The number of halogens is 1. The van der Waals surface area contributed by atoms with Crippen molar-refractivity contribution in [1.29, 1.82) is 0 Å².